The van der Waals surface area contributed by atoms with Gasteiger partial charge in [-0.05, 0) is 25.8 Å². The van der Waals surface area contributed by atoms with E-state index in [1.807, 2.05) is 7.05 Å². The van der Waals surface area contributed by atoms with Crippen molar-refractivity contribution < 1.29 is 4.74 Å². The van der Waals surface area contributed by atoms with Gasteiger partial charge >= 0.3 is 0 Å². The van der Waals surface area contributed by atoms with Gasteiger partial charge in [0.15, 0.2) is 0 Å². The average Bonchev–Trinajstić information content (AvgIpc) is 2.79. The van der Waals surface area contributed by atoms with Crippen molar-refractivity contribution in [1.82, 2.24) is 10.3 Å². The fourth-order valence-electron chi connectivity index (χ4n) is 2.33. The van der Waals surface area contributed by atoms with Crippen LogP contribution in [0.15, 0.2) is 5.38 Å². The maximum Gasteiger partial charge on any atom is 0.107 e. The van der Waals surface area contributed by atoms with E-state index in [0.717, 1.165) is 29.8 Å². The molecule has 0 bridgehead atoms. The number of hydrogen-bond donors (Lipinski definition) is 1. The molecule has 1 aliphatic rings. The fourth-order valence-corrected chi connectivity index (χ4v) is 3.12. The molecule has 0 atom stereocenters. The third-order valence-corrected chi connectivity index (χ3v) is 4.15. The lowest BCUT2D eigenvalue weighted by molar-refractivity contribution is 0.0722. The Morgan fingerprint density at radius 3 is 3.00 bits per heavy atom. The minimum absolute atomic E-state index is 0.677. The lowest BCUT2D eigenvalue weighted by Crippen LogP contribution is -2.13. The first-order valence-corrected chi connectivity index (χ1v) is 7.42. The van der Waals surface area contributed by atoms with E-state index in [1.165, 1.54) is 32.1 Å². The zero-order valence-electron chi connectivity index (χ0n) is 10.6. The highest BCUT2D eigenvalue weighted by Gasteiger charge is 2.13. The molecule has 2 rings (SSSR count). The van der Waals surface area contributed by atoms with Gasteiger partial charge in [-0.3, -0.25) is 0 Å². The topological polar surface area (TPSA) is 34.2 Å². The number of nitrogens with one attached hydrogen (secondary N) is 1. The molecule has 1 N–H and O–H groups in total. The second-order valence-corrected chi connectivity index (χ2v) is 5.72. The summed E-state index contributed by atoms with van der Waals surface area (Å²) in [5.74, 6) is 0.791. The maximum atomic E-state index is 5.77. The van der Waals surface area contributed by atoms with Crippen LogP contribution >= 0.6 is 11.3 Å². The monoisotopic (exact) mass is 254 g/mol. The SMILES string of the molecule is CNCc1nc(COCC2CCCCC2)cs1. The van der Waals surface area contributed by atoms with Crippen LogP contribution in [-0.2, 0) is 17.9 Å². The summed E-state index contributed by atoms with van der Waals surface area (Å²) in [6.45, 7) is 2.45. The second-order valence-electron chi connectivity index (χ2n) is 4.78. The van der Waals surface area contributed by atoms with Gasteiger partial charge in [0.25, 0.3) is 0 Å². The van der Waals surface area contributed by atoms with Crippen LogP contribution in [-0.4, -0.2) is 18.6 Å². The van der Waals surface area contributed by atoms with Crippen LogP contribution in [0.5, 0.6) is 0 Å². The van der Waals surface area contributed by atoms with Crippen LogP contribution in [0.4, 0.5) is 0 Å². The van der Waals surface area contributed by atoms with Gasteiger partial charge in [-0.1, -0.05) is 19.3 Å². The highest BCUT2D eigenvalue weighted by molar-refractivity contribution is 7.09. The summed E-state index contributed by atoms with van der Waals surface area (Å²) in [4.78, 5) is 4.51. The summed E-state index contributed by atoms with van der Waals surface area (Å²) in [6.07, 6.45) is 6.88. The van der Waals surface area contributed by atoms with Gasteiger partial charge in [0.05, 0.1) is 12.3 Å². The number of hydrogen-bond acceptors (Lipinski definition) is 4. The smallest absolute Gasteiger partial charge is 0.107 e. The van der Waals surface area contributed by atoms with Crippen molar-refractivity contribution in [1.29, 1.82) is 0 Å². The molecule has 0 unspecified atom stereocenters. The molecule has 0 spiro atoms. The molecule has 0 aromatic carbocycles. The third-order valence-electron chi connectivity index (χ3n) is 3.26. The van der Waals surface area contributed by atoms with Crippen LogP contribution in [0.25, 0.3) is 0 Å². The molecule has 1 saturated carbocycles. The van der Waals surface area contributed by atoms with Gasteiger partial charge in [0.1, 0.15) is 5.01 Å². The predicted octanol–water partition coefficient (Wildman–Crippen LogP) is 2.96. The largest absolute Gasteiger partial charge is 0.375 e. The Morgan fingerprint density at radius 2 is 2.24 bits per heavy atom. The summed E-state index contributed by atoms with van der Waals surface area (Å²) < 4.78 is 5.77. The van der Waals surface area contributed by atoms with Crippen LogP contribution in [0.2, 0.25) is 0 Å². The highest BCUT2D eigenvalue weighted by atomic mass is 32.1. The first kappa shape index (κ1) is 13.0. The highest BCUT2D eigenvalue weighted by Crippen LogP contribution is 2.24. The van der Waals surface area contributed by atoms with Gasteiger partial charge in [0, 0.05) is 18.5 Å². The summed E-state index contributed by atoms with van der Waals surface area (Å²) in [5, 5.41) is 6.36. The minimum atomic E-state index is 0.677. The molecule has 1 heterocycles. The zero-order valence-corrected chi connectivity index (χ0v) is 11.4. The normalized spacial score (nSPS) is 17.5. The van der Waals surface area contributed by atoms with Crippen molar-refractivity contribution in [2.75, 3.05) is 13.7 Å². The van der Waals surface area contributed by atoms with Crippen molar-refractivity contribution in [3.8, 4) is 0 Å². The molecule has 3 nitrogen and oxygen atoms in total. The first-order valence-electron chi connectivity index (χ1n) is 6.54. The summed E-state index contributed by atoms with van der Waals surface area (Å²) in [5.41, 5.74) is 1.08. The maximum absolute atomic E-state index is 5.77. The molecule has 0 amide bonds. The van der Waals surface area contributed by atoms with Crippen LogP contribution in [0.1, 0.15) is 42.8 Å². The van der Waals surface area contributed by atoms with Gasteiger partial charge in [-0.2, -0.15) is 0 Å². The van der Waals surface area contributed by atoms with Crippen LogP contribution in [0, 0.1) is 5.92 Å². The van der Waals surface area contributed by atoms with E-state index in [2.05, 4.69) is 15.7 Å². The van der Waals surface area contributed by atoms with Gasteiger partial charge in [-0.15, -0.1) is 11.3 Å². The Hall–Kier alpha value is -0.450. The van der Waals surface area contributed by atoms with E-state index in [9.17, 15) is 0 Å². The summed E-state index contributed by atoms with van der Waals surface area (Å²) >= 11 is 1.71. The Kier molecular flexibility index (Phi) is 5.42. The van der Waals surface area contributed by atoms with Crippen LogP contribution < -0.4 is 5.32 Å². The molecule has 1 fully saturated rings. The average molecular weight is 254 g/mol. The quantitative estimate of drug-likeness (QED) is 0.847. The molecule has 0 saturated heterocycles. The molecule has 96 valence electrons. The number of aromatic nitrogens is 1. The Balaban J connectivity index is 1.66. The molecule has 1 aromatic heterocycles. The molecule has 1 aliphatic carbocycles. The van der Waals surface area contributed by atoms with Crippen molar-refractivity contribution in [2.24, 2.45) is 5.92 Å². The Labute approximate surface area is 108 Å². The Morgan fingerprint density at radius 1 is 1.41 bits per heavy atom. The Bertz CT molecular complexity index is 321. The second kappa shape index (κ2) is 7.09. The van der Waals surface area contributed by atoms with E-state index in [1.54, 1.807) is 11.3 Å². The number of nitrogens with zero attached hydrogens (tertiary/aromatic N) is 1. The van der Waals surface area contributed by atoms with Gasteiger partial charge in [-0.25, -0.2) is 4.98 Å². The van der Waals surface area contributed by atoms with Gasteiger partial charge < -0.3 is 10.1 Å². The molecule has 0 radical (unpaired) electrons. The molecule has 0 aliphatic heterocycles. The van der Waals surface area contributed by atoms with Crippen molar-refractivity contribution in [2.45, 2.75) is 45.3 Å². The number of ether oxygens (including phenoxy) is 1. The van der Waals surface area contributed by atoms with Crippen molar-refractivity contribution >= 4 is 11.3 Å². The number of rotatable bonds is 6. The summed E-state index contributed by atoms with van der Waals surface area (Å²) in [7, 11) is 1.95. The lowest BCUT2D eigenvalue weighted by atomic mass is 9.90. The van der Waals surface area contributed by atoms with E-state index in [4.69, 9.17) is 4.74 Å². The molecule has 17 heavy (non-hydrogen) atoms. The van der Waals surface area contributed by atoms with E-state index in [0.29, 0.717) is 6.61 Å². The summed E-state index contributed by atoms with van der Waals surface area (Å²) in [6, 6.07) is 0. The molecule has 4 heteroatoms. The number of thiazole rings is 1. The zero-order chi connectivity index (χ0) is 11.9. The molecule has 1 aromatic rings. The van der Waals surface area contributed by atoms with E-state index in [-0.39, 0.29) is 0 Å². The first-order chi connectivity index (χ1) is 8.38. The van der Waals surface area contributed by atoms with Crippen molar-refractivity contribution in [3.63, 3.8) is 0 Å². The van der Waals surface area contributed by atoms with Crippen LogP contribution in [0.3, 0.4) is 0 Å². The standard InChI is InChI=1S/C13H22N2OS/c1-14-7-13-15-12(10-17-13)9-16-8-11-5-3-2-4-6-11/h10-11,14H,2-9H2,1H3. The molecular formula is C13H22N2OS. The van der Waals surface area contributed by atoms with E-state index < -0.39 is 0 Å². The fraction of sp³-hybridized carbons (Fsp3) is 0.769. The predicted molar refractivity (Wildman–Crippen MR) is 71.1 cm³/mol. The van der Waals surface area contributed by atoms with Gasteiger partial charge in [0.2, 0.25) is 0 Å². The third kappa shape index (κ3) is 4.37. The lowest BCUT2D eigenvalue weighted by Gasteiger charge is -2.20. The minimum Gasteiger partial charge on any atom is -0.375 e. The van der Waals surface area contributed by atoms with Crippen molar-refractivity contribution in [3.05, 3.63) is 16.1 Å². The van der Waals surface area contributed by atoms with E-state index >= 15 is 0 Å². The molecular weight excluding hydrogens is 232 g/mol.